The van der Waals surface area contributed by atoms with Crippen molar-refractivity contribution >= 4 is 17.5 Å². The Labute approximate surface area is 143 Å². The fourth-order valence-corrected chi connectivity index (χ4v) is 2.66. The van der Waals surface area contributed by atoms with Crippen molar-refractivity contribution < 1.29 is 9.59 Å². The summed E-state index contributed by atoms with van der Waals surface area (Å²) >= 11 is 0. The minimum absolute atomic E-state index is 0.337. The van der Waals surface area contributed by atoms with Crippen molar-refractivity contribution in [2.75, 3.05) is 5.32 Å². The van der Waals surface area contributed by atoms with Gasteiger partial charge in [0.05, 0.1) is 0 Å². The summed E-state index contributed by atoms with van der Waals surface area (Å²) in [5.41, 5.74) is 4.93. The Morgan fingerprint density at radius 3 is 2.12 bits per heavy atom. The molecule has 0 aliphatic carbocycles. The van der Waals surface area contributed by atoms with Crippen LogP contribution in [-0.2, 0) is 29.0 Å². The Morgan fingerprint density at radius 2 is 1.54 bits per heavy atom. The summed E-state index contributed by atoms with van der Waals surface area (Å²) in [6.07, 6.45) is 1.60. The molecule has 2 amide bonds. The second-order valence-electron chi connectivity index (χ2n) is 5.78. The molecule has 0 heterocycles. The first-order valence-electron chi connectivity index (χ1n) is 8.30. The fourth-order valence-electron chi connectivity index (χ4n) is 2.66. The van der Waals surface area contributed by atoms with Gasteiger partial charge in [-0.25, -0.2) is 0 Å². The quantitative estimate of drug-likeness (QED) is 0.829. The third kappa shape index (κ3) is 4.44. The highest BCUT2D eigenvalue weighted by molar-refractivity contribution is 6.39. The molecule has 24 heavy (non-hydrogen) atoms. The molecule has 2 N–H and O–H groups in total. The summed E-state index contributed by atoms with van der Waals surface area (Å²) in [6.45, 7) is 6.39. The van der Waals surface area contributed by atoms with E-state index in [2.05, 4.69) is 10.6 Å². The Hall–Kier alpha value is -2.62. The second kappa shape index (κ2) is 8.29. The molecule has 0 atom stereocenters. The van der Waals surface area contributed by atoms with E-state index >= 15 is 0 Å². The van der Waals surface area contributed by atoms with Crippen molar-refractivity contribution in [3.8, 4) is 0 Å². The Kier molecular flexibility index (Phi) is 6.13. The SMILES string of the molecule is CCc1cccc(CC)c1NC(=O)C(=O)NCc1cccc(C)c1. The predicted octanol–water partition coefficient (Wildman–Crippen LogP) is 3.37. The number of para-hydroxylation sites is 1. The van der Waals surface area contributed by atoms with Gasteiger partial charge in [-0.3, -0.25) is 9.59 Å². The lowest BCUT2D eigenvalue weighted by atomic mass is 10.0. The maximum atomic E-state index is 12.2. The van der Waals surface area contributed by atoms with Crippen molar-refractivity contribution in [1.82, 2.24) is 5.32 Å². The highest BCUT2D eigenvalue weighted by Crippen LogP contribution is 2.22. The molecular formula is C20H24N2O2. The second-order valence-corrected chi connectivity index (χ2v) is 5.78. The average Bonchev–Trinajstić information content (AvgIpc) is 2.59. The Bertz CT molecular complexity index is 716. The highest BCUT2D eigenvalue weighted by Gasteiger charge is 2.16. The van der Waals surface area contributed by atoms with Crippen molar-refractivity contribution in [2.24, 2.45) is 0 Å². The Morgan fingerprint density at radius 1 is 0.917 bits per heavy atom. The number of rotatable bonds is 5. The van der Waals surface area contributed by atoms with Gasteiger partial charge in [-0.1, -0.05) is 61.9 Å². The third-order valence-electron chi connectivity index (χ3n) is 3.98. The normalized spacial score (nSPS) is 10.3. The number of carbonyl (C=O) groups is 2. The van der Waals surface area contributed by atoms with Crippen LogP contribution in [0, 0.1) is 6.92 Å². The van der Waals surface area contributed by atoms with E-state index in [1.165, 1.54) is 0 Å². The molecule has 0 aliphatic rings. The lowest BCUT2D eigenvalue weighted by molar-refractivity contribution is -0.136. The van der Waals surface area contributed by atoms with Gasteiger partial charge in [-0.15, -0.1) is 0 Å². The summed E-state index contributed by atoms with van der Waals surface area (Å²) in [5, 5.41) is 5.45. The molecule has 0 aromatic heterocycles. The zero-order chi connectivity index (χ0) is 17.5. The molecule has 2 aromatic carbocycles. The first-order valence-corrected chi connectivity index (χ1v) is 8.30. The maximum absolute atomic E-state index is 12.2. The van der Waals surface area contributed by atoms with E-state index in [0.29, 0.717) is 6.54 Å². The topological polar surface area (TPSA) is 58.2 Å². The van der Waals surface area contributed by atoms with Crippen LogP contribution < -0.4 is 10.6 Å². The van der Waals surface area contributed by atoms with E-state index in [4.69, 9.17) is 0 Å². The van der Waals surface area contributed by atoms with Gasteiger partial charge in [-0.2, -0.15) is 0 Å². The maximum Gasteiger partial charge on any atom is 0.313 e. The van der Waals surface area contributed by atoms with Gasteiger partial charge < -0.3 is 10.6 Å². The van der Waals surface area contributed by atoms with Crippen LogP contribution in [0.4, 0.5) is 5.69 Å². The van der Waals surface area contributed by atoms with Crippen molar-refractivity contribution in [3.63, 3.8) is 0 Å². The monoisotopic (exact) mass is 324 g/mol. The number of benzene rings is 2. The molecule has 0 radical (unpaired) electrons. The van der Waals surface area contributed by atoms with Crippen LogP contribution in [0.1, 0.15) is 36.1 Å². The summed E-state index contributed by atoms with van der Waals surface area (Å²) < 4.78 is 0. The van der Waals surface area contributed by atoms with Gasteiger partial charge in [0.25, 0.3) is 0 Å². The van der Waals surface area contributed by atoms with E-state index in [-0.39, 0.29) is 0 Å². The van der Waals surface area contributed by atoms with Crippen molar-refractivity contribution in [2.45, 2.75) is 40.2 Å². The minimum atomic E-state index is -0.627. The van der Waals surface area contributed by atoms with Crippen LogP contribution in [0.2, 0.25) is 0 Å². The number of aryl methyl sites for hydroxylation is 3. The van der Waals surface area contributed by atoms with Gasteiger partial charge in [-0.05, 0) is 36.5 Å². The average molecular weight is 324 g/mol. The summed E-state index contributed by atoms with van der Waals surface area (Å²) in [5.74, 6) is -1.25. The van der Waals surface area contributed by atoms with E-state index < -0.39 is 11.8 Å². The highest BCUT2D eigenvalue weighted by atomic mass is 16.2. The van der Waals surface area contributed by atoms with Crippen LogP contribution >= 0.6 is 0 Å². The lowest BCUT2D eigenvalue weighted by Crippen LogP contribution is -2.35. The molecule has 4 nitrogen and oxygen atoms in total. The number of carbonyl (C=O) groups excluding carboxylic acids is 2. The number of hydrogen-bond acceptors (Lipinski definition) is 2. The predicted molar refractivity (Wildman–Crippen MR) is 96.9 cm³/mol. The number of amides is 2. The molecule has 0 saturated carbocycles. The number of nitrogens with one attached hydrogen (secondary N) is 2. The van der Waals surface area contributed by atoms with Gasteiger partial charge in [0.15, 0.2) is 0 Å². The first kappa shape index (κ1) is 17.7. The molecule has 0 aliphatic heterocycles. The molecule has 0 bridgehead atoms. The minimum Gasteiger partial charge on any atom is -0.344 e. The van der Waals surface area contributed by atoms with Crippen LogP contribution in [0.25, 0.3) is 0 Å². The van der Waals surface area contributed by atoms with Gasteiger partial charge in [0.1, 0.15) is 0 Å². The summed E-state index contributed by atoms with van der Waals surface area (Å²) in [6, 6.07) is 13.8. The summed E-state index contributed by atoms with van der Waals surface area (Å²) in [7, 11) is 0. The summed E-state index contributed by atoms with van der Waals surface area (Å²) in [4.78, 5) is 24.3. The van der Waals surface area contributed by atoms with E-state index in [1.807, 2.05) is 63.2 Å². The van der Waals surface area contributed by atoms with Crippen molar-refractivity contribution in [3.05, 3.63) is 64.7 Å². The first-order chi connectivity index (χ1) is 11.5. The van der Waals surface area contributed by atoms with Gasteiger partial charge >= 0.3 is 11.8 Å². The zero-order valence-corrected chi connectivity index (χ0v) is 14.5. The number of anilines is 1. The molecule has 0 spiro atoms. The van der Waals surface area contributed by atoms with E-state index in [9.17, 15) is 9.59 Å². The van der Waals surface area contributed by atoms with Crippen LogP contribution in [0.5, 0.6) is 0 Å². The third-order valence-corrected chi connectivity index (χ3v) is 3.98. The molecule has 2 rings (SSSR count). The lowest BCUT2D eigenvalue weighted by Gasteiger charge is -2.14. The van der Waals surface area contributed by atoms with E-state index in [1.54, 1.807) is 0 Å². The molecule has 0 unspecified atom stereocenters. The zero-order valence-electron chi connectivity index (χ0n) is 14.5. The smallest absolute Gasteiger partial charge is 0.313 e. The molecule has 0 saturated heterocycles. The van der Waals surface area contributed by atoms with Crippen LogP contribution in [0.3, 0.4) is 0 Å². The molecule has 4 heteroatoms. The standard InChI is InChI=1S/C20H24N2O2/c1-4-16-10-7-11-17(5-2)18(16)22-20(24)19(23)21-13-15-9-6-8-14(3)12-15/h6-12H,4-5,13H2,1-3H3,(H,21,23)(H,22,24). The fraction of sp³-hybridized carbons (Fsp3) is 0.300. The number of hydrogen-bond donors (Lipinski definition) is 2. The molecule has 0 fully saturated rings. The van der Waals surface area contributed by atoms with E-state index in [0.717, 1.165) is 40.8 Å². The van der Waals surface area contributed by atoms with Crippen molar-refractivity contribution in [1.29, 1.82) is 0 Å². The largest absolute Gasteiger partial charge is 0.344 e. The van der Waals surface area contributed by atoms with Crippen LogP contribution in [0.15, 0.2) is 42.5 Å². The molecule has 126 valence electrons. The van der Waals surface area contributed by atoms with Crippen LogP contribution in [-0.4, -0.2) is 11.8 Å². The Balaban J connectivity index is 2.03. The van der Waals surface area contributed by atoms with Gasteiger partial charge in [0.2, 0.25) is 0 Å². The molecular weight excluding hydrogens is 300 g/mol. The molecule has 2 aromatic rings. The van der Waals surface area contributed by atoms with Gasteiger partial charge in [0, 0.05) is 12.2 Å².